The maximum Gasteiger partial charge on any atom is 0.343 e. The number of hydrogen-bond donors (Lipinski definition) is 2. The van der Waals surface area contributed by atoms with Crippen LogP contribution >= 0.6 is 0 Å². The van der Waals surface area contributed by atoms with Crippen LogP contribution in [0.3, 0.4) is 0 Å². The maximum atomic E-state index is 12.4. The lowest BCUT2D eigenvalue weighted by molar-refractivity contribution is 0.0734. The molecule has 2 amide bonds. The average Bonchev–Trinajstić information content (AvgIpc) is 2.63. The summed E-state index contributed by atoms with van der Waals surface area (Å²) >= 11 is 0. The highest BCUT2D eigenvalue weighted by molar-refractivity contribution is 6.04. The molecule has 0 aliphatic heterocycles. The van der Waals surface area contributed by atoms with Crippen molar-refractivity contribution >= 4 is 29.0 Å². The molecule has 0 saturated carbocycles. The second-order valence-electron chi connectivity index (χ2n) is 5.69. The monoisotopic (exact) mass is 347 g/mol. The molecule has 0 spiro atoms. The van der Waals surface area contributed by atoms with Gasteiger partial charge in [-0.05, 0) is 35.9 Å². The first-order valence-electron chi connectivity index (χ1n) is 7.94. The van der Waals surface area contributed by atoms with E-state index in [9.17, 15) is 9.59 Å². The van der Waals surface area contributed by atoms with Crippen LogP contribution in [0.1, 0.15) is 21.5 Å². The van der Waals surface area contributed by atoms with Gasteiger partial charge in [0, 0.05) is 5.56 Å². The second-order valence-corrected chi connectivity index (χ2v) is 5.69. The Kier molecular flexibility index (Phi) is 4.94. The number of fused-ring (bicyclic) bond motifs is 1. The molecule has 6 nitrogen and oxygen atoms in total. The zero-order valence-electron chi connectivity index (χ0n) is 14.1. The highest BCUT2D eigenvalue weighted by Gasteiger charge is 2.13. The fourth-order valence-electron chi connectivity index (χ4n) is 2.51. The standard InChI is InChI=1S/C20H17N3O3/c1-13-6-8-15(9-7-13)19(24)26-18-11-10-14-4-2-3-5-16(14)17(18)12-22-23-20(21)25/h2-12H,1H3,(H3,21,23,25)/b22-12+. The topological polar surface area (TPSA) is 93.8 Å². The van der Waals surface area contributed by atoms with Gasteiger partial charge in [-0.1, -0.05) is 48.0 Å². The Morgan fingerprint density at radius 2 is 1.77 bits per heavy atom. The Bertz CT molecular complexity index is 995. The van der Waals surface area contributed by atoms with Gasteiger partial charge in [0.2, 0.25) is 0 Å². The van der Waals surface area contributed by atoms with Crippen molar-refractivity contribution in [3.8, 4) is 5.75 Å². The maximum absolute atomic E-state index is 12.4. The molecule has 0 atom stereocenters. The number of urea groups is 1. The number of esters is 1. The van der Waals surface area contributed by atoms with E-state index in [1.807, 2.05) is 49.4 Å². The van der Waals surface area contributed by atoms with Gasteiger partial charge >= 0.3 is 12.0 Å². The zero-order chi connectivity index (χ0) is 18.5. The van der Waals surface area contributed by atoms with Crippen LogP contribution in [-0.4, -0.2) is 18.2 Å². The summed E-state index contributed by atoms with van der Waals surface area (Å²) in [6.07, 6.45) is 1.41. The summed E-state index contributed by atoms with van der Waals surface area (Å²) in [6.45, 7) is 1.94. The van der Waals surface area contributed by atoms with Crippen LogP contribution < -0.4 is 15.9 Å². The summed E-state index contributed by atoms with van der Waals surface area (Å²) in [4.78, 5) is 23.3. The Balaban J connectivity index is 1.98. The predicted molar refractivity (Wildman–Crippen MR) is 100 cm³/mol. The number of hydrogen-bond acceptors (Lipinski definition) is 4. The summed E-state index contributed by atoms with van der Waals surface area (Å²) < 4.78 is 5.56. The largest absolute Gasteiger partial charge is 0.422 e. The number of rotatable bonds is 4. The molecule has 3 aromatic rings. The van der Waals surface area contributed by atoms with Gasteiger partial charge in [0.15, 0.2) is 0 Å². The summed E-state index contributed by atoms with van der Waals surface area (Å²) in [7, 11) is 0. The van der Waals surface area contributed by atoms with Gasteiger partial charge < -0.3 is 10.5 Å². The highest BCUT2D eigenvalue weighted by atomic mass is 16.5. The van der Waals surface area contributed by atoms with Gasteiger partial charge in [-0.25, -0.2) is 15.0 Å². The summed E-state index contributed by atoms with van der Waals surface area (Å²) in [5, 5.41) is 5.58. The van der Waals surface area contributed by atoms with Crippen molar-refractivity contribution < 1.29 is 14.3 Å². The molecule has 3 N–H and O–H groups in total. The molecule has 130 valence electrons. The number of nitrogens with zero attached hydrogens (tertiary/aromatic N) is 1. The molecule has 0 aliphatic rings. The molecule has 0 heterocycles. The van der Waals surface area contributed by atoms with Crippen LogP contribution in [-0.2, 0) is 0 Å². The minimum Gasteiger partial charge on any atom is -0.422 e. The fourth-order valence-corrected chi connectivity index (χ4v) is 2.51. The van der Waals surface area contributed by atoms with E-state index >= 15 is 0 Å². The molecule has 0 unspecified atom stereocenters. The summed E-state index contributed by atoms with van der Waals surface area (Å²) in [5.41, 5.74) is 9.24. The van der Waals surface area contributed by atoms with Crippen LogP contribution in [0, 0.1) is 6.92 Å². The van der Waals surface area contributed by atoms with Gasteiger partial charge in [0.25, 0.3) is 0 Å². The van der Waals surface area contributed by atoms with Crippen molar-refractivity contribution in [3.05, 3.63) is 77.4 Å². The number of hydrazone groups is 1. The number of primary amides is 1. The van der Waals surface area contributed by atoms with Crippen molar-refractivity contribution in [2.75, 3.05) is 0 Å². The third-order valence-corrected chi connectivity index (χ3v) is 3.79. The average molecular weight is 347 g/mol. The number of carbonyl (C=O) groups is 2. The van der Waals surface area contributed by atoms with E-state index in [2.05, 4.69) is 10.5 Å². The molecule has 0 radical (unpaired) electrons. The number of nitrogens with two attached hydrogens (primary N) is 1. The SMILES string of the molecule is Cc1ccc(C(=O)Oc2ccc3ccccc3c2/C=N/NC(N)=O)cc1. The number of carbonyl (C=O) groups excluding carboxylic acids is 2. The first kappa shape index (κ1) is 17.2. The van der Waals surface area contributed by atoms with E-state index < -0.39 is 12.0 Å². The molecule has 0 aliphatic carbocycles. The van der Waals surface area contributed by atoms with Crippen molar-refractivity contribution in [2.24, 2.45) is 10.8 Å². The molecule has 6 heteroatoms. The number of nitrogens with one attached hydrogen (secondary N) is 1. The molecule has 3 aromatic carbocycles. The molecular weight excluding hydrogens is 330 g/mol. The Morgan fingerprint density at radius 1 is 1.04 bits per heavy atom. The number of ether oxygens (including phenoxy) is 1. The third-order valence-electron chi connectivity index (χ3n) is 3.79. The molecule has 0 saturated heterocycles. The van der Waals surface area contributed by atoms with Crippen molar-refractivity contribution in [3.63, 3.8) is 0 Å². The first-order valence-corrected chi connectivity index (χ1v) is 7.94. The smallest absolute Gasteiger partial charge is 0.343 e. The van der Waals surface area contributed by atoms with E-state index in [-0.39, 0.29) is 0 Å². The fraction of sp³-hybridized carbons (Fsp3) is 0.0500. The number of benzene rings is 3. The van der Waals surface area contributed by atoms with Gasteiger partial charge in [-0.15, -0.1) is 0 Å². The molecule has 0 bridgehead atoms. The van der Waals surface area contributed by atoms with E-state index in [1.165, 1.54) is 6.21 Å². The lowest BCUT2D eigenvalue weighted by Crippen LogP contribution is -2.24. The zero-order valence-corrected chi connectivity index (χ0v) is 14.1. The third kappa shape index (κ3) is 3.87. The summed E-state index contributed by atoms with van der Waals surface area (Å²) in [5.74, 6) is -0.137. The van der Waals surface area contributed by atoms with Gasteiger partial charge in [-0.2, -0.15) is 5.10 Å². The highest BCUT2D eigenvalue weighted by Crippen LogP contribution is 2.27. The predicted octanol–water partition coefficient (Wildman–Crippen LogP) is 3.37. The van der Waals surface area contributed by atoms with E-state index in [4.69, 9.17) is 10.5 Å². The lowest BCUT2D eigenvalue weighted by Gasteiger charge is -2.10. The van der Waals surface area contributed by atoms with Crippen LogP contribution in [0.15, 0.2) is 65.8 Å². The van der Waals surface area contributed by atoms with E-state index in [1.54, 1.807) is 18.2 Å². The van der Waals surface area contributed by atoms with Gasteiger partial charge in [0.05, 0.1) is 11.8 Å². The minimum atomic E-state index is -0.778. The van der Waals surface area contributed by atoms with E-state index in [0.29, 0.717) is 16.9 Å². The van der Waals surface area contributed by atoms with Crippen LogP contribution in [0.4, 0.5) is 4.79 Å². The van der Waals surface area contributed by atoms with Crippen LogP contribution in [0.2, 0.25) is 0 Å². The molecular formula is C20H17N3O3. The summed E-state index contributed by atoms with van der Waals surface area (Å²) in [6, 6.07) is 17.5. The number of amides is 2. The Labute approximate surface area is 150 Å². The van der Waals surface area contributed by atoms with Crippen molar-refractivity contribution in [1.82, 2.24) is 5.43 Å². The van der Waals surface area contributed by atoms with Crippen molar-refractivity contribution in [1.29, 1.82) is 0 Å². The molecule has 0 fully saturated rings. The number of aryl methyl sites for hydroxylation is 1. The lowest BCUT2D eigenvalue weighted by atomic mass is 10.0. The van der Waals surface area contributed by atoms with E-state index in [0.717, 1.165) is 16.3 Å². The van der Waals surface area contributed by atoms with Crippen LogP contribution in [0.5, 0.6) is 5.75 Å². The van der Waals surface area contributed by atoms with Crippen LogP contribution in [0.25, 0.3) is 10.8 Å². The molecule has 26 heavy (non-hydrogen) atoms. The van der Waals surface area contributed by atoms with Gasteiger partial charge in [0.1, 0.15) is 5.75 Å². The Hall–Kier alpha value is -3.67. The molecule has 0 aromatic heterocycles. The normalized spacial score (nSPS) is 10.8. The minimum absolute atomic E-state index is 0.337. The first-order chi connectivity index (χ1) is 12.5. The quantitative estimate of drug-likeness (QED) is 0.328. The van der Waals surface area contributed by atoms with Gasteiger partial charge in [-0.3, -0.25) is 0 Å². The van der Waals surface area contributed by atoms with Crippen molar-refractivity contribution in [2.45, 2.75) is 6.92 Å². The Morgan fingerprint density at radius 3 is 2.50 bits per heavy atom. The molecule has 3 rings (SSSR count). The second kappa shape index (κ2) is 7.48.